The lowest BCUT2D eigenvalue weighted by Crippen LogP contribution is -2.75. The Bertz CT molecular complexity index is 1270. The molecule has 2 aliphatic heterocycles. The largest absolute Gasteiger partial charge is 0.478 e. The average molecular weight is 588 g/mol. The maximum atomic E-state index is 13.6. The van der Waals surface area contributed by atoms with Gasteiger partial charge in [-0.3, -0.25) is 24.3 Å². The molecule has 0 spiro atoms. The molecule has 10 nitrogen and oxygen atoms in total. The minimum Gasteiger partial charge on any atom is -0.478 e. The van der Waals surface area contributed by atoms with E-state index in [0.29, 0.717) is 11.1 Å². The summed E-state index contributed by atoms with van der Waals surface area (Å²) >= 11 is 4.66. The Labute approximate surface area is 226 Å². The summed E-state index contributed by atoms with van der Waals surface area (Å²) in [5.41, 5.74) is 5.10. The van der Waals surface area contributed by atoms with E-state index in [0.717, 1.165) is 4.47 Å². The summed E-state index contributed by atoms with van der Waals surface area (Å²) in [6.07, 6.45) is 0.204. The van der Waals surface area contributed by atoms with E-state index in [1.165, 1.54) is 16.7 Å². The molecular formula is C25H26BrN5O5S. The van der Waals surface area contributed by atoms with Gasteiger partial charge in [0, 0.05) is 10.0 Å². The van der Waals surface area contributed by atoms with Crippen molar-refractivity contribution in [2.45, 2.75) is 42.1 Å². The molecule has 2 fully saturated rings. The quantitative estimate of drug-likeness (QED) is 0.209. The van der Waals surface area contributed by atoms with Crippen molar-refractivity contribution in [1.29, 1.82) is 0 Å². The van der Waals surface area contributed by atoms with Gasteiger partial charge in [0.25, 0.3) is 0 Å². The number of amides is 3. The minimum absolute atomic E-state index is 0.153. The smallest absolute Gasteiger partial charge is 0.352 e. The van der Waals surface area contributed by atoms with E-state index >= 15 is 0 Å². The zero-order valence-corrected chi connectivity index (χ0v) is 22.5. The second-order valence-electron chi connectivity index (χ2n) is 9.18. The molecule has 0 radical (unpaired) electrons. The first-order chi connectivity index (χ1) is 17.5. The molecule has 3 atom stereocenters. The lowest BCUT2D eigenvalue weighted by Gasteiger charge is -2.46. The number of β-lactam (4-membered cyclic amide) rings is 1. The Hall–Kier alpha value is -3.38. The molecule has 0 bridgehead atoms. The first-order valence-electron chi connectivity index (χ1n) is 11.4. The lowest BCUT2D eigenvalue weighted by molar-refractivity contribution is -0.173. The first-order valence-corrected chi connectivity index (χ1v) is 13.1. The van der Waals surface area contributed by atoms with Crippen molar-refractivity contribution >= 4 is 57.2 Å². The molecule has 1 unspecified atom stereocenters. The minimum atomic E-state index is -1.98. The Kier molecular flexibility index (Phi) is 7.33. The molecule has 0 aliphatic carbocycles. The van der Waals surface area contributed by atoms with Crippen LogP contribution in [0.1, 0.15) is 37.4 Å². The molecule has 37 heavy (non-hydrogen) atoms. The second kappa shape index (κ2) is 10.2. The van der Waals surface area contributed by atoms with E-state index in [1.54, 1.807) is 68.4 Å². The fourth-order valence-electron chi connectivity index (χ4n) is 4.50. The van der Waals surface area contributed by atoms with Crippen LogP contribution < -0.4 is 16.4 Å². The number of halogens is 1. The van der Waals surface area contributed by atoms with Crippen molar-refractivity contribution in [3.63, 3.8) is 0 Å². The third-order valence-electron chi connectivity index (χ3n) is 6.42. The van der Waals surface area contributed by atoms with Crippen LogP contribution in [0.2, 0.25) is 0 Å². The van der Waals surface area contributed by atoms with Gasteiger partial charge in [0.15, 0.2) is 0 Å². The van der Waals surface area contributed by atoms with Crippen LogP contribution in [0.3, 0.4) is 0 Å². The summed E-state index contributed by atoms with van der Waals surface area (Å²) < 4.78 is -0.160. The van der Waals surface area contributed by atoms with Gasteiger partial charge in [-0.25, -0.2) is 4.79 Å². The molecule has 0 aromatic heterocycles. The number of fused-ring (bicyclic) bond motifs is 1. The van der Waals surface area contributed by atoms with E-state index < -0.39 is 34.2 Å². The van der Waals surface area contributed by atoms with Gasteiger partial charge in [-0.15, -0.1) is 11.8 Å². The summed E-state index contributed by atoms with van der Waals surface area (Å²) in [7, 11) is 0. The monoisotopic (exact) mass is 587 g/mol. The van der Waals surface area contributed by atoms with Crippen LogP contribution in [0.5, 0.6) is 0 Å². The number of nitrogens with one attached hydrogen (secondary N) is 2. The number of aliphatic carboxylic acids is 1. The average Bonchev–Trinajstić information content (AvgIpc) is 3.03. The van der Waals surface area contributed by atoms with Crippen molar-refractivity contribution in [2.24, 2.45) is 10.7 Å². The highest BCUT2D eigenvalue weighted by Gasteiger charge is 2.70. The van der Waals surface area contributed by atoms with Crippen molar-refractivity contribution in [2.75, 3.05) is 6.54 Å². The van der Waals surface area contributed by atoms with E-state index in [-0.39, 0.29) is 30.1 Å². The number of amidine groups is 1. The van der Waals surface area contributed by atoms with E-state index in [4.69, 9.17) is 5.73 Å². The van der Waals surface area contributed by atoms with Gasteiger partial charge in [-0.1, -0.05) is 58.4 Å². The highest BCUT2D eigenvalue weighted by atomic mass is 79.9. The topological polar surface area (TPSA) is 154 Å². The van der Waals surface area contributed by atoms with E-state index in [9.17, 15) is 24.3 Å². The molecule has 2 aromatic carbocycles. The van der Waals surface area contributed by atoms with Gasteiger partial charge in [0.1, 0.15) is 18.4 Å². The van der Waals surface area contributed by atoms with Gasteiger partial charge < -0.3 is 21.5 Å². The number of hydrogen-bond acceptors (Lipinski definition) is 6. The predicted octanol–water partition coefficient (Wildman–Crippen LogP) is 1.99. The van der Waals surface area contributed by atoms with Crippen LogP contribution in [0.15, 0.2) is 64.1 Å². The Morgan fingerprint density at radius 2 is 1.84 bits per heavy atom. The molecule has 2 saturated heterocycles. The maximum Gasteiger partial charge on any atom is 0.352 e. The highest BCUT2D eigenvalue weighted by molar-refractivity contribution is 9.10. The van der Waals surface area contributed by atoms with E-state index in [1.807, 2.05) is 0 Å². The van der Waals surface area contributed by atoms with Crippen molar-refractivity contribution in [1.82, 2.24) is 15.5 Å². The summed E-state index contributed by atoms with van der Waals surface area (Å²) in [6, 6.07) is 14.3. The molecule has 4 rings (SSSR count). The number of carbonyl (C=O) groups is 4. The van der Waals surface area contributed by atoms with Crippen molar-refractivity contribution in [3.8, 4) is 0 Å². The maximum absolute atomic E-state index is 13.6. The van der Waals surface area contributed by atoms with Gasteiger partial charge in [0.2, 0.25) is 23.4 Å². The number of benzene rings is 2. The summed E-state index contributed by atoms with van der Waals surface area (Å²) in [6.45, 7) is 3.00. The summed E-state index contributed by atoms with van der Waals surface area (Å²) in [5, 5.41) is 15.1. The number of rotatable bonds is 8. The van der Waals surface area contributed by atoms with Gasteiger partial charge >= 0.3 is 5.97 Å². The molecule has 3 amide bonds. The Balaban J connectivity index is 1.57. The zero-order chi connectivity index (χ0) is 27.0. The predicted molar refractivity (Wildman–Crippen MR) is 142 cm³/mol. The van der Waals surface area contributed by atoms with Gasteiger partial charge in [0.05, 0.1) is 16.5 Å². The summed E-state index contributed by atoms with van der Waals surface area (Å²) in [4.78, 5) is 56.8. The van der Waals surface area contributed by atoms with Crippen LogP contribution >= 0.6 is 27.7 Å². The van der Waals surface area contributed by atoms with Gasteiger partial charge in [-0.05, 0) is 31.5 Å². The molecular weight excluding hydrogens is 562 g/mol. The number of hydrogen-bond donors (Lipinski definition) is 4. The number of nitrogens with two attached hydrogens (primary N) is 1. The number of carboxylic acids is 1. The molecule has 194 valence electrons. The fraction of sp³-hybridized carbons (Fsp3) is 0.320. The van der Waals surface area contributed by atoms with Crippen molar-refractivity contribution in [3.05, 3.63) is 70.2 Å². The van der Waals surface area contributed by atoms with Gasteiger partial charge in [-0.2, -0.15) is 0 Å². The molecule has 2 heterocycles. The number of thioether (sulfide) groups is 1. The summed E-state index contributed by atoms with van der Waals surface area (Å²) in [5.74, 6) is -2.91. The van der Waals surface area contributed by atoms with Crippen LogP contribution in [-0.4, -0.2) is 61.9 Å². The number of aliphatic imine (C=N–C) groups is 1. The number of nitrogens with zero attached hydrogens (tertiary/aromatic N) is 2. The molecule has 0 saturated carbocycles. The lowest BCUT2D eigenvalue weighted by atomic mass is 9.89. The van der Waals surface area contributed by atoms with E-state index in [2.05, 4.69) is 31.6 Å². The van der Waals surface area contributed by atoms with Crippen LogP contribution in [0.25, 0.3) is 0 Å². The third-order valence-corrected chi connectivity index (χ3v) is 8.48. The first kappa shape index (κ1) is 26.7. The second-order valence-corrected chi connectivity index (χ2v) is 11.9. The number of carbonyl (C=O) groups excluding carboxylic acids is 3. The molecule has 2 aromatic rings. The van der Waals surface area contributed by atoms with Crippen molar-refractivity contribution < 1.29 is 24.3 Å². The Morgan fingerprint density at radius 1 is 1.19 bits per heavy atom. The molecule has 2 aliphatic rings. The number of carboxylic acid groups (broad SMARTS) is 1. The molecule has 5 N–H and O–H groups in total. The normalized spacial score (nSPS) is 23.0. The standard InChI is InChI=1S/C25H26BrN5O5S/c1-24(2)25(23(35)36,31-18(33)12-19(31)37-24)30-22(34)20(14-6-4-3-5-7-14)29-17(32)13-28-21(27)15-8-10-16(26)11-9-15/h3-11,19-20H,12-13H2,1-2H3,(H2,27,28)(H,29,32)(H,30,34)(H,35,36)/t19-,20?,25+/m1/s1. The molecule has 12 heteroatoms. The van der Waals surface area contributed by atoms with Crippen LogP contribution in [-0.2, 0) is 19.2 Å². The Morgan fingerprint density at radius 3 is 2.43 bits per heavy atom. The SMILES string of the molecule is CC1(C)S[C@@H]2CC(=O)N2[C@@]1(NC(=O)C(NC(=O)CN=C(N)c1ccc(Br)cc1)c1ccccc1)C(=O)O. The van der Waals surface area contributed by atoms with Crippen LogP contribution in [0.4, 0.5) is 0 Å². The highest BCUT2D eigenvalue weighted by Crippen LogP contribution is 2.55. The zero-order valence-electron chi connectivity index (χ0n) is 20.1. The van der Waals surface area contributed by atoms with Crippen LogP contribution in [0, 0.1) is 0 Å². The fourth-order valence-corrected chi connectivity index (χ4v) is 6.46. The third kappa shape index (κ3) is 4.95.